The Balaban J connectivity index is 1.91. The molecule has 4 heteroatoms. The molecule has 0 amide bonds. The Bertz CT molecular complexity index is 474. The van der Waals surface area contributed by atoms with Crippen molar-refractivity contribution in [3.63, 3.8) is 0 Å². The summed E-state index contributed by atoms with van der Waals surface area (Å²) < 4.78 is 0. The molecule has 1 heterocycles. The van der Waals surface area contributed by atoms with Crippen molar-refractivity contribution in [1.29, 1.82) is 0 Å². The molecule has 1 fully saturated rings. The van der Waals surface area contributed by atoms with Gasteiger partial charge in [0.15, 0.2) is 0 Å². The van der Waals surface area contributed by atoms with Crippen LogP contribution in [0.5, 0.6) is 0 Å². The molecule has 1 aliphatic rings. The van der Waals surface area contributed by atoms with Gasteiger partial charge in [0.1, 0.15) is 0 Å². The summed E-state index contributed by atoms with van der Waals surface area (Å²) in [4.78, 5) is 16.0. The second-order valence-electron chi connectivity index (χ2n) is 6.76. The first kappa shape index (κ1) is 16.0. The first-order chi connectivity index (χ1) is 9.87. The quantitative estimate of drug-likeness (QED) is 0.902. The van der Waals surface area contributed by atoms with Crippen LogP contribution < -0.4 is 0 Å². The molecule has 1 aromatic rings. The van der Waals surface area contributed by atoms with E-state index in [1.54, 1.807) is 13.8 Å². The molecule has 0 bridgehead atoms. The molecule has 21 heavy (non-hydrogen) atoms. The summed E-state index contributed by atoms with van der Waals surface area (Å²) in [5.74, 6) is -0.746. The smallest absolute Gasteiger partial charge is 0.309 e. The predicted octanol–water partition coefficient (Wildman–Crippen LogP) is 2.09. The third-order valence-electron chi connectivity index (χ3n) is 4.25. The number of likely N-dealkylation sites (N-methyl/N-ethyl adjacent to an activating group) is 1. The highest BCUT2D eigenvalue weighted by molar-refractivity contribution is 5.74. The van der Waals surface area contributed by atoms with Crippen molar-refractivity contribution in [3.8, 4) is 0 Å². The summed E-state index contributed by atoms with van der Waals surface area (Å²) in [6, 6.07) is 8.39. The number of carbonyl (C=O) groups is 1. The van der Waals surface area contributed by atoms with Crippen LogP contribution in [0.4, 0.5) is 0 Å². The molecule has 0 unspecified atom stereocenters. The third kappa shape index (κ3) is 4.55. The van der Waals surface area contributed by atoms with Gasteiger partial charge < -0.3 is 10.0 Å². The lowest BCUT2D eigenvalue weighted by molar-refractivity contribution is -0.146. The first-order valence-corrected chi connectivity index (χ1v) is 7.59. The number of carboxylic acid groups (broad SMARTS) is 1. The number of piperazine rings is 1. The maximum atomic E-state index is 11.2. The van der Waals surface area contributed by atoms with Gasteiger partial charge in [-0.1, -0.05) is 24.3 Å². The molecule has 4 nitrogen and oxygen atoms in total. The topological polar surface area (TPSA) is 43.8 Å². The van der Waals surface area contributed by atoms with Gasteiger partial charge in [-0.15, -0.1) is 0 Å². The van der Waals surface area contributed by atoms with E-state index in [0.717, 1.165) is 38.3 Å². The van der Waals surface area contributed by atoms with E-state index in [2.05, 4.69) is 41.1 Å². The van der Waals surface area contributed by atoms with Crippen molar-refractivity contribution < 1.29 is 9.90 Å². The van der Waals surface area contributed by atoms with E-state index in [-0.39, 0.29) is 0 Å². The largest absolute Gasteiger partial charge is 0.481 e. The molecule has 116 valence electrons. The highest BCUT2D eigenvalue weighted by Gasteiger charge is 2.27. The fraction of sp³-hybridized carbons (Fsp3) is 0.588. The molecule has 0 radical (unpaired) electrons. The van der Waals surface area contributed by atoms with Crippen LogP contribution in [-0.2, 0) is 17.8 Å². The van der Waals surface area contributed by atoms with E-state index < -0.39 is 11.4 Å². The van der Waals surface area contributed by atoms with Crippen molar-refractivity contribution in [3.05, 3.63) is 35.4 Å². The number of rotatable bonds is 5. The summed E-state index contributed by atoms with van der Waals surface area (Å²) in [6.07, 6.45) is 0.567. The zero-order valence-electron chi connectivity index (χ0n) is 13.3. The van der Waals surface area contributed by atoms with Crippen LogP contribution in [0.15, 0.2) is 24.3 Å². The van der Waals surface area contributed by atoms with Gasteiger partial charge in [-0.25, -0.2) is 0 Å². The van der Waals surface area contributed by atoms with Gasteiger partial charge in [-0.2, -0.15) is 0 Å². The molecule has 2 rings (SSSR count). The van der Waals surface area contributed by atoms with Gasteiger partial charge in [0.2, 0.25) is 0 Å². The summed E-state index contributed by atoms with van der Waals surface area (Å²) >= 11 is 0. The van der Waals surface area contributed by atoms with E-state index in [0.29, 0.717) is 6.42 Å². The van der Waals surface area contributed by atoms with E-state index in [1.165, 1.54) is 5.56 Å². The molecule has 0 spiro atoms. The van der Waals surface area contributed by atoms with Crippen molar-refractivity contribution in [2.24, 2.45) is 5.41 Å². The van der Waals surface area contributed by atoms with Gasteiger partial charge in [0.05, 0.1) is 5.41 Å². The number of carboxylic acids is 1. The monoisotopic (exact) mass is 290 g/mol. The number of hydrogen-bond donors (Lipinski definition) is 1. The highest BCUT2D eigenvalue weighted by atomic mass is 16.4. The van der Waals surface area contributed by atoms with Crippen molar-refractivity contribution in [2.75, 3.05) is 33.2 Å². The fourth-order valence-electron chi connectivity index (χ4n) is 2.61. The van der Waals surface area contributed by atoms with Gasteiger partial charge in [-0.05, 0) is 38.4 Å². The fourth-order valence-corrected chi connectivity index (χ4v) is 2.61. The van der Waals surface area contributed by atoms with E-state index in [4.69, 9.17) is 0 Å². The Morgan fingerprint density at radius 1 is 1.10 bits per heavy atom. The standard InChI is InChI=1S/C17H26N2O2/c1-17(2,16(20)21)12-14-4-6-15(7-5-14)13-19-10-8-18(3)9-11-19/h4-7H,8-13H2,1-3H3,(H,20,21). The minimum Gasteiger partial charge on any atom is -0.481 e. The zero-order chi connectivity index (χ0) is 15.5. The molecule has 0 aliphatic carbocycles. The molecule has 1 N–H and O–H groups in total. The molecular formula is C17H26N2O2. The molecule has 1 aliphatic heterocycles. The van der Waals surface area contributed by atoms with Crippen LogP contribution in [0.1, 0.15) is 25.0 Å². The van der Waals surface area contributed by atoms with E-state index in [9.17, 15) is 9.90 Å². The van der Waals surface area contributed by atoms with Gasteiger partial charge in [0, 0.05) is 32.7 Å². The average Bonchev–Trinajstić information content (AvgIpc) is 2.43. The van der Waals surface area contributed by atoms with E-state index >= 15 is 0 Å². The highest BCUT2D eigenvalue weighted by Crippen LogP contribution is 2.22. The second kappa shape index (κ2) is 6.58. The van der Waals surface area contributed by atoms with Crippen LogP contribution in [0.2, 0.25) is 0 Å². The maximum absolute atomic E-state index is 11.2. The molecule has 0 aromatic heterocycles. The van der Waals surface area contributed by atoms with Crippen LogP contribution >= 0.6 is 0 Å². The average molecular weight is 290 g/mol. The molecule has 0 saturated carbocycles. The van der Waals surface area contributed by atoms with E-state index in [1.807, 2.05) is 0 Å². The van der Waals surface area contributed by atoms with Gasteiger partial charge >= 0.3 is 5.97 Å². The number of nitrogens with zero attached hydrogens (tertiary/aromatic N) is 2. The predicted molar refractivity (Wildman–Crippen MR) is 84.3 cm³/mol. The van der Waals surface area contributed by atoms with Gasteiger partial charge in [0.25, 0.3) is 0 Å². The normalized spacial score (nSPS) is 17.9. The molecule has 1 aromatic carbocycles. The van der Waals surface area contributed by atoms with Crippen molar-refractivity contribution in [1.82, 2.24) is 9.80 Å². The van der Waals surface area contributed by atoms with Crippen LogP contribution in [0, 0.1) is 5.41 Å². The maximum Gasteiger partial charge on any atom is 0.309 e. The van der Waals surface area contributed by atoms with Gasteiger partial charge in [-0.3, -0.25) is 9.69 Å². The van der Waals surface area contributed by atoms with Crippen molar-refractivity contribution >= 4 is 5.97 Å². The number of aliphatic carboxylic acids is 1. The summed E-state index contributed by atoms with van der Waals surface area (Å²) in [7, 11) is 2.16. The number of hydrogen-bond acceptors (Lipinski definition) is 3. The zero-order valence-corrected chi connectivity index (χ0v) is 13.3. The molecule has 1 saturated heterocycles. The minimum absolute atomic E-state index is 0.567. The Hall–Kier alpha value is -1.39. The Morgan fingerprint density at radius 3 is 2.14 bits per heavy atom. The molecular weight excluding hydrogens is 264 g/mol. The summed E-state index contributed by atoms with van der Waals surface area (Å²) in [5, 5.41) is 9.18. The third-order valence-corrected chi connectivity index (χ3v) is 4.25. The lowest BCUT2D eigenvalue weighted by Gasteiger charge is -2.32. The number of benzene rings is 1. The minimum atomic E-state index is -0.746. The summed E-state index contributed by atoms with van der Waals surface area (Å²) in [6.45, 7) is 9.02. The van der Waals surface area contributed by atoms with Crippen LogP contribution in [0.3, 0.4) is 0 Å². The molecule has 0 atom stereocenters. The van der Waals surface area contributed by atoms with Crippen LogP contribution in [0.25, 0.3) is 0 Å². The Kier molecular flexibility index (Phi) is 5.01. The van der Waals surface area contributed by atoms with Crippen molar-refractivity contribution in [2.45, 2.75) is 26.8 Å². The Labute approximate surface area is 127 Å². The Morgan fingerprint density at radius 2 is 1.62 bits per heavy atom. The second-order valence-corrected chi connectivity index (χ2v) is 6.76. The first-order valence-electron chi connectivity index (χ1n) is 7.59. The lowest BCUT2D eigenvalue weighted by Crippen LogP contribution is -2.43. The lowest BCUT2D eigenvalue weighted by atomic mass is 9.86. The summed E-state index contributed by atoms with van der Waals surface area (Å²) in [5.41, 5.74) is 1.68. The SMILES string of the molecule is CN1CCN(Cc2ccc(CC(C)(C)C(=O)O)cc2)CC1. The van der Waals surface area contributed by atoms with Crippen LogP contribution in [-0.4, -0.2) is 54.1 Å².